The van der Waals surface area contributed by atoms with Crippen molar-refractivity contribution >= 4 is 16.9 Å². The second-order valence-corrected chi connectivity index (χ2v) is 5.34. The molecule has 0 saturated carbocycles. The Bertz CT molecular complexity index is 615. The van der Waals surface area contributed by atoms with Crippen LogP contribution in [0.15, 0.2) is 18.2 Å². The highest BCUT2D eigenvalue weighted by Gasteiger charge is 2.15. The molecule has 1 aliphatic rings. The molecule has 1 amide bonds. The molecule has 1 saturated heterocycles. The smallest absolute Gasteiger partial charge is 0.251 e. The lowest BCUT2D eigenvalue weighted by Crippen LogP contribution is -2.38. The monoisotopic (exact) mass is 273 g/mol. The van der Waals surface area contributed by atoms with E-state index in [9.17, 15) is 4.79 Å². The Labute approximate surface area is 117 Å². The predicted octanol–water partition coefficient (Wildman–Crippen LogP) is 0.698. The number of aryl methyl sites for hydroxylation is 1. The predicted molar refractivity (Wildman–Crippen MR) is 76.4 cm³/mol. The molecule has 1 aromatic carbocycles. The van der Waals surface area contributed by atoms with Gasteiger partial charge in [0.1, 0.15) is 5.52 Å². The Hall–Kier alpha value is -1.95. The SMILES string of the molecule is Cn1nnc2cc(C(=O)NCC3CCCNC3)ccc21. The van der Waals surface area contributed by atoms with Gasteiger partial charge in [0.2, 0.25) is 0 Å². The Morgan fingerprint density at radius 1 is 1.55 bits per heavy atom. The first kappa shape index (κ1) is 13.1. The summed E-state index contributed by atoms with van der Waals surface area (Å²) in [6.45, 7) is 2.81. The second kappa shape index (κ2) is 5.58. The van der Waals surface area contributed by atoms with Crippen LogP contribution in [0.3, 0.4) is 0 Å². The summed E-state index contributed by atoms with van der Waals surface area (Å²) in [4.78, 5) is 12.2. The van der Waals surface area contributed by atoms with Crippen molar-refractivity contribution in [3.05, 3.63) is 23.8 Å². The van der Waals surface area contributed by atoms with E-state index in [1.165, 1.54) is 12.8 Å². The number of amides is 1. The second-order valence-electron chi connectivity index (χ2n) is 5.34. The Balaban J connectivity index is 1.65. The number of rotatable bonds is 3. The van der Waals surface area contributed by atoms with Gasteiger partial charge in [-0.2, -0.15) is 0 Å². The third kappa shape index (κ3) is 2.65. The van der Waals surface area contributed by atoms with Gasteiger partial charge in [-0.3, -0.25) is 4.79 Å². The number of fused-ring (bicyclic) bond motifs is 1. The molecular formula is C14H19N5O. The lowest BCUT2D eigenvalue weighted by molar-refractivity contribution is 0.0945. The van der Waals surface area contributed by atoms with Crippen LogP contribution < -0.4 is 10.6 Å². The van der Waals surface area contributed by atoms with Gasteiger partial charge in [-0.25, -0.2) is 4.68 Å². The maximum Gasteiger partial charge on any atom is 0.251 e. The number of piperidine rings is 1. The van der Waals surface area contributed by atoms with Gasteiger partial charge in [0, 0.05) is 19.2 Å². The topological polar surface area (TPSA) is 71.8 Å². The summed E-state index contributed by atoms with van der Waals surface area (Å²) in [5.74, 6) is 0.496. The summed E-state index contributed by atoms with van der Waals surface area (Å²) in [6, 6.07) is 5.49. The fourth-order valence-electron chi connectivity index (χ4n) is 2.62. The Kier molecular flexibility index (Phi) is 3.64. The molecule has 0 aliphatic carbocycles. The van der Waals surface area contributed by atoms with Crippen molar-refractivity contribution in [1.29, 1.82) is 0 Å². The molecule has 20 heavy (non-hydrogen) atoms. The van der Waals surface area contributed by atoms with Gasteiger partial charge >= 0.3 is 0 Å². The minimum atomic E-state index is -0.0388. The van der Waals surface area contributed by atoms with Crippen molar-refractivity contribution in [2.75, 3.05) is 19.6 Å². The fourth-order valence-corrected chi connectivity index (χ4v) is 2.62. The maximum absolute atomic E-state index is 12.2. The van der Waals surface area contributed by atoms with Gasteiger partial charge in [0.15, 0.2) is 0 Å². The first-order valence-electron chi connectivity index (χ1n) is 7.02. The van der Waals surface area contributed by atoms with Crippen LogP contribution in [0.2, 0.25) is 0 Å². The zero-order chi connectivity index (χ0) is 13.9. The first-order valence-corrected chi connectivity index (χ1v) is 7.02. The van der Waals surface area contributed by atoms with Crippen molar-refractivity contribution in [2.45, 2.75) is 12.8 Å². The summed E-state index contributed by atoms with van der Waals surface area (Å²) < 4.78 is 1.70. The van der Waals surface area contributed by atoms with Crippen LogP contribution in [0, 0.1) is 5.92 Å². The number of nitrogens with one attached hydrogen (secondary N) is 2. The lowest BCUT2D eigenvalue weighted by atomic mass is 9.99. The van der Waals surface area contributed by atoms with Gasteiger partial charge in [-0.05, 0) is 50.0 Å². The summed E-state index contributed by atoms with van der Waals surface area (Å²) in [6.07, 6.45) is 2.36. The van der Waals surface area contributed by atoms with Gasteiger partial charge in [-0.15, -0.1) is 5.10 Å². The quantitative estimate of drug-likeness (QED) is 0.863. The number of benzene rings is 1. The average molecular weight is 273 g/mol. The molecule has 1 aromatic heterocycles. The van der Waals surface area contributed by atoms with Gasteiger partial charge in [0.25, 0.3) is 5.91 Å². The Morgan fingerprint density at radius 2 is 2.45 bits per heavy atom. The van der Waals surface area contributed by atoms with Crippen LogP contribution in [-0.4, -0.2) is 40.5 Å². The molecule has 2 N–H and O–H groups in total. The largest absolute Gasteiger partial charge is 0.352 e. The normalized spacial score (nSPS) is 19.1. The fraction of sp³-hybridized carbons (Fsp3) is 0.500. The molecule has 0 radical (unpaired) electrons. The third-order valence-electron chi connectivity index (χ3n) is 3.82. The van der Waals surface area contributed by atoms with Gasteiger partial charge < -0.3 is 10.6 Å². The van der Waals surface area contributed by atoms with Crippen LogP contribution in [0.25, 0.3) is 11.0 Å². The first-order chi connectivity index (χ1) is 9.74. The molecule has 0 bridgehead atoms. The number of hydrogen-bond acceptors (Lipinski definition) is 4. The van der Waals surface area contributed by atoms with E-state index in [0.717, 1.165) is 30.7 Å². The van der Waals surface area contributed by atoms with E-state index in [1.54, 1.807) is 10.7 Å². The zero-order valence-corrected chi connectivity index (χ0v) is 11.6. The molecule has 106 valence electrons. The van der Waals surface area contributed by atoms with E-state index in [0.29, 0.717) is 11.5 Å². The number of nitrogens with zero attached hydrogens (tertiary/aromatic N) is 3. The summed E-state index contributed by atoms with van der Waals surface area (Å²) in [7, 11) is 1.84. The molecular weight excluding hydrogens is 254 g/mol. The molecule has 3 rings (SSSR count). The molecule has 1 atom stereocenters. The van der Waals surface area contributed by atoms with Gasteiger partial charge in [-0.1, -0.05) is 5.21 Å². The van der Waals surface area contributed by atoms with E-state index in [1.807, 2.05) is 19.2 Å². The van der Waals surface area contributed by atoms with Crippen molar-refractivity contribution in [2.24, 2.45) is 13.0 Å². The molecule has 1 fully saturated rings. The van der Waals surface area contributed by atoms with Crippen molar-refractivity contribution in [3.8, 4) is 0 Å². The van der Waals surface area contributed by atoms with Crippen LogP contribution in [0.1, 0.15) is 23.2 Å². The van der Waals surface area contributed by atoms with E-state index in [2.05, 4.69) is 20.9 Å². The number of carbonyl (C=O) groups excluding carboxylic acids is 1. The third-order valence-corrected chi connectivity index (χ3v) is 3.82. The molecule has 6 heteroatoms. The van der Waals surface area contributed by atoms with Gasteiger partial charge in [0.05, 0.1) is 5.52 Å². The molecule has 2 aromatic rings. The highest BCUT2D eigenvalue weighted by molar-refractivity contribution is 5.97. The minimum Gasteiger partial charge on any atom is -0.352 e. The number of hydrogen-bond donors (Lipinski definition) is 2. The van der Waals surface area contributed by atoms with Crippen molar-refractivity contribution in [3.63, 3.8) is 0 Å². The molecule has 2 heterocycles. The summed E-state index contributed by atoms with van der Waals surface area (Å²) in [5, 5.41) is 14.3. The summed E-state index contributed by atoms with van der Waals surface area (Å²) in [5.41, 5.74) is 2.32. The van der Waals surface area contributed by atoms with E-state index < -0.39 is 0 Å². The van der Waals surface area contributed by atoms with Crippen LogP contribution in [0.4, 0.5) is 0 Å². The highest BCUT2D eigenvalue weighted by atomic mass is 16.1. The molecule has 0 spiro atoms. The van der Waals surface area contributed by atoms with Crippen LogP contribution >= 0.6 is 0 Å². The lowest BCUT2D eigenvalue weighted by Gasteiger charge is -2.22. The standard InChI is InChI=1S/C14H19N5O/c1-19-13-5-4-11(7-12(13)17-18-19)14(20)16-9-10-3-2-6-15-8-10/h4-5,7,10,15H,2-3,6,8-9H2,1H3,(H,16,20). The van der Waals surface area contributed by atoms with Crippen molar-refractivity contribution in [1.82, 2.24) is 25.6 Å². The maximum atomic E-state index is 12.2. The van der Waals surface area contributed by atoms with E-state index in [-0.39, 0.29) is 5.91 Å². The van der Waals surface area contributed by atoms with Crippen molar-refractivity contribution < 1.29 is 4.79 Å². The average Bonchev–Trinajstić information content (AvgIpc) is 2.87. The molecule has 1 unspecified atom stereocenters. The molecule has 1 aliphatic heterocycles. The van der Waals surface area contributed by atoms with E-state index in [4.69, 9.17) is 0 Å². The minimum absolute atomic E-state index is 0.0388. The van der Waals surface area contributed by atoms with Crippen LogP contribution in [-0.2, 0) is 7.05 Å². The molecule has 6 nitrogen and oxygen atoms in total. The number of carbonyl (C=O) groups is 1. The Morgan fingerprint density at radius 3 is 3.25 bits per heavy atom. The van der Waals surface area contributed by atoms with Crippen LogP contribution in [0.5, 0.6) is 0 Å². The zero-order valence-electron chi connectivity index (χ0n) is 11.6. The summed E-state index contributed by atoms with van der Waals surface area (Å²) >= 11 is 0. The van der Waals surface area contributed by atoms with E-state index >= 15 is 0 Å². The number of aromatic nitrogens is 3. The highest BCUT2D eigenvalue weighted by Crippen LogP contribution is 2.13.